The maximum Gasteiger partial charge on any atom is 0.0898 e. The van der Waals surface area contributed by atoms with E-state index in [4.69, 9.17) is 0 Å². The van der Waals surface area contributed by atoms with E-state index < -0.39 is 0 Å². The zero-order chi connectivity index (χ0) is 11.6. The van der Waals surface area contributed by atoms with Crippen molar-refractivity contribution >= 4 is 6.01 Å². The molecule has 2 nitrogen and oxygen atoms in total. The Morgan fingerprint density at radius 3 is 2.25 bits per heavy atom. The van der Waals surface area contributed by atoms with Crippen LogP contribution in [0.5, 0.6) is 0 Å². The van der Waals surface area contributed by atoms with Crippen LogP contribution in [0.3, 0.4) is 0 Å². The fourth-order valence-electron chi connectivity index (χ4n) is 2.35. The maximum absolute atomic E-state index is 4.48. The average Bonchev–Trinajstić information content (AvgIpc) is 2.31. The Morgan fingerprint density at radius 2 is 1.69 bits per heavy atom. The molecule has 0 N–H and O–H groups in total. The predicted molar refractivity (Wildman–Crippen MR) is 70.3 cm³/mol. The van der Waals surface area contributed by atoms with Crippen LogP contribution in [-0.2, 0) is 0 Å². The summed E-state index contributed by atoms with van der Waals surface area (Å²) < 4.78 is 0. The first-order valence-corrected chi connectivity index (χ1v) is 7.01. The molecule has 0 aliphatic heterocycles. The van der Waals surface area contributed by atoms with Gasteiger partial charge in [-0.1, -0.05) is 46.0 Å². The summed E-state index contributed by atoms with van der Waals surface area (Å²) in [4.78, 5) is 8.95. The average molecular weight is 222 g/mol. The molecule has 16 heavy (non-hydrogen) atoms. The molecule has 2 heteroatoms. The first-order chi connectivity index (χ1) is 7.86. The van der Waals surface area contributed by atoms with E-state index >= 15 is 0 Å². The van der Waals surface area contributed by atoms with Crippen LogP contribution in [0.4, 0.5) is 0 Å². The van der Waals surface area contributed by atoms with Crippen LogP contribution in [0.1, 0.15) is 71.6 Å². The van der Waals surface area contributed by atoms with Crippen molar-refractivity contribution in [2.24, 2.45) is 9.98 Å². The molecule has 0 unspecified atom stereocenters. The topological polar surface area (TPSA) is 24.7 Å². The van der Waals surface area contributed by atoms with Crippen molar-refractivity contribution in [2.75, 3.05) is 0 Å². The van der Waals surface area contributed by atoms with Crippen LogP contribution in [-0.4, -0.2) is 18.1 Å². The minimum Gasteiger partial charge on any atom is -0.222 e. The van der Waals surface area contributed by atoms with E-state index in [1.807, 2.05) is 0 Å². The van der Waals surface area contributed by atoms with Crippen LogP contribution < -0.4 is 0 Å². The molecule has 0 atom stereocenters. The van der Waals surface area contributed by atoms with Crippen molar-refractivity contribution in [3.63, 3.8) is 0 Å². The van der Waals surface area contributed by atoms with Gasteiger partial charge < -0.3 is 0 Å². The quantitative estimate of drug-likeness (QED) is 0.593. The van der Waals surface area contributed by atoms with Gasteiger partial charge in [-0.3, -0.25) is 0 Å². The number of rotatable bonds is 6. The lowest BCUT2D eigenvalue weighted by Crippen LogP contribution is -2.09. The molecule has 0 aromatic rings. The van der Waals surface area contributed by atoms with Crippen molar-refractivity contribution < 1.29 is 0 Å². The molecule has 0 aromatic heterocycles. The predicted octanol–water partition coefficient (Wildman–Crippen LogP) is 4.46. The van der Waals surface area contributed by atoms with Crippen molar-refractivity contribution in [1.29, 1.82) is 0 Å². The van der Waals surface area contributed by atoms with Gasteiger partial charge in [0.1, 0.15) is 0 Å². The first-order valence-electron chi connectivity index (χ1n) is 7.01. The van der Waals surface area contributed by atoms with Crippen molar-refractivity contribution in [3.05, 3.63) is 0 Å². The van der Waals surface area contributed by atoms with Gasteiger partial charge in [0, 0.05) is 0 Å². The Morgan fingerprint density at radius 1 is 1.06 bits per heavy atom. The first kappa shape index (κ1) is 13.4. The van der Waals surface area contributed by atoms with Gasteiger partial charge in [-0.15, -0.1) is 0 Å². The Hall–Kier alpha value is -0.620. The Balaban J connectivity index is 2.37. The van der Waals surface area contributed by atoms with E-state index in [0.717, 1.165) is 0 Å². The third-order valence-electron chi connectivity index (χ3n) is 3.30. The molecule has 0 radical (unpaired) electrons. The summed E-state index contributed by atoms with van der Waals surface area (Å²) in [7, 11) is 0. The fraction of sp³-hybridized carbons (Fsp3) is 0.929. The van der Waals surface area contributed by atoms with Crippen molar-refractivity contribution in [1.82, 2.24) is 0 Å². The summed E-state index contributed by atoms with van der Waals surface area (Å²) in [5.74, 6) is 0. The van der Waals surface area contributed by atoms with Crippen LogP contribution in [0.15, 0.2) is 9.98 Å². The molecule has 1 aliphatic rings. The Kier molecular flexibility index (Phi) is 7.16. The second-order valence-electron chi connectivity index (χ2n) is 4.88. The van der Waals surface area contributed by atoms with Crippen LogP contribution in [0, 0.1) is 0 Å². The molecule has 0 bridgehead atoms. The number of hydrogen-bond acceptors (Lipinski definition) is 2. The van der Waals surface area contributed by atoms with E-state index in [-0.39, 0.29) is 0 Å². The number of aliphatic imine (C=N–C) groups is 2. The highest BCUT2D eigenvalue weighted by Gasteiger charge is 2.10. The molecule has 0 amide bonds. The van der Waals surface area contributed by atoms with Crippen molar-refractivity contribution in [3.8, 4) is 0 Å². The largest absolute Gasteiger partial charge is 0.222 e. The summed E-state index contributed by atoms with van der Waals surface area (Å²) in [5, 5.41) is 0. The summed E-state index contributed by atoms with van der Waals surface area (Å²) in [5.41, 5.74) is 0. The van der Waals surface area contributed by atoms with Crippen LogP contribution in [0.25, 0.3) is 0 Å². The Labute approximate surface area is 100 Å². The molecule has 0 spiro atoms. The molecule has 1 saturated carbocycles. The molecule has 1 aliphatic carbocycles. The normalized spacial score (nSPS) is 17.2. The van der Waals surface area contributed by atoms with Crippen molar-refractivity contribution in [2.45, 2.75) is 83.7 Å². The fourth-order valence-corrected chi connectivity index (χ4v) is 2.35. The van der Waals surface area contributed by atoms with E-state index in [9.17, 15) is 0 Å². The maximum atomic E-state index is 4.48. The smallest absolute Gasteiger partial charge is 0.0898 e. The van der Waals surface area contributed by atoms with Crippen LogP contribution >= 0.6 is 0 Å². The van der Waals surface area contributed by atoms with E-state index in [0.29, 0.717) is 12.1 Å². The van der Waals surface area contributed by atoms with Gasteiger partial charge in [-0.25, -0.2) is 9.98 Å². The monoisotopic (exact) mass is 222 g/mol. The zero-order valence-corrected chi connectivity index (χ0v) is 10.9. The molecule has 1 rings (SSSR count). The standard InChI is InChI=1S/C14H26N2/c1-3-8-13(9-4-2)15-12-16-14-10-6-5-7-11-14/h13-14H,3-11H2,1-2H3. The summed E-state index contributed by atoms with van der Waals surface area (Å²) >= 11 is 0. The molecular formula is C14H26N2. The molecule has 1 fully saturated rings. The highest BCUT2D eigenvalue weighted by molar-refractivity contribution is 5.42. The van der Waals surface area contributed by atoms with Gasteiger partial charge in [0.15, 0.2) is 0 Å². The Bertz CT molecular complexity index is 217. The molecule has 0 saturated heterocycles. The molecule has 0 heterocycles. The van der Waals surface area contributed by atoms with Gasteiger partial charge in [0.2, 0.25) is 0 Å². The third-order valence-corrected chi connectivity index (χ3v) is 3.30. The minimum absolute atomic E-state index is 0.461. The van der Waals surface area contributed by atoms with Crippen LogP contribution in [0.2, 0.25) is 0 Å². The third kappa shape index (κ3) is 5.46. The molecule has 92 valence electrons. The lowest BCUT2D eigenvalue weighted by Gasteiger charge is -2.15. The lowest BCUT2D eigenvalue weighted by atomic mass is 9.96. The zero-order valence-electron chi connectivity index (χ0n) is 10.9. The van der Waals surface area contributed by atoms with Gasteiger partial charge in [-0.05, 0) is 25.7 Å². The SMILES string of the molecule is CCCC(CCC)N=C=NC1CCCCC1. The molecule has 0 aromatic carbocycles. The highest BCUT2D eigenvalue weighted by atomic mass is 14.9. The van der Waals surface area contributed by atoms with E-state index in [1.54, 1.807) is 0 Å². The van der Waals surface area contributed by atoms with E-state index in [1.165, 1.54) is 57.8 Å². The summed E-state index contributed by atoms with van der Waals surface area (Å²) in [6.45, 7) is 4.44. The van der Waals surface area contributed by atoms with E-state index in [2.05, 4.69) is 29.8 Å². The van der Waals surface area contributed by atoms with Gasteiger partial charge in [0.05, 0.1) is 18.1 Å². The van der Waals surface area contributed by atoms with Gasteiger partial charge in [-0.2, -0.15) is 0 Å². The summed E-state index contributed by atoms with van der Waals surface area (Å²) in [6, 6.07) is 3.95. The van der Waals surface area contributed by atoms with Gasteiger partial charge in [0.25, 0.3) is 0 Å². The highest BCUT2D eigenvalue weighted by Crippen LogP contribution is 2.19. The second-order valence-corrected chi connectivity index (χ2v) is 4.88. The number of nitrogens with zero attached hydrogens (tertiary/aromatic N) is 2. The van der Waals surface area contributed by atoms with Gasteiger partial charge >= 0.3 is 0 Å². The lowest BCUT2D eigenvalue weighted by molar-refractivity contribution is 0.444. The second kappa shape index (κ2) is 8.52. The molecular weight excluding hydrogens is 196 g/mol. The number of hydrogen-bond donors (Lipinski definition) is 0. The summed E-state index contributed by atoms with van der Waals surface area (Å²) in [6.07, 6.45) is 11.3. The minimum atomic E-state index is 0.461.